The number of aromatic nitrogens is 2. The number of methoxy groups -OCH3 is 1. The normalized spacial score (nSPS) is 12.2. The van der Waals surface area contributed by atoms with E-state index < -0.39 is 0 Å². The molecule has 114 valence electrons. The molecule has 0 radical (unpaired) electrons. The Balaban J connectivity index is 2.34. The van der Waals surface area contributed by atoms with Crippen LogP contribution in [0.25, 0.3) is 0 Å². The first kappa shape index (κ1) is 15.4. The maximum absolute atomic E-state index is 6.04. The summed E-state index contributed by atoms with van der Waals surface area (Å²) in [5.74, 6) is 0.847. The Morgan fingerprint density at radius 3 is 2.81 bits per heavy atom. The molecule has 2 aromatic rings. The molecule has 2 N–H and O–H groups in total. The first-order chi connectivity index (χ1) is 10.2. The summed E-state index contributed by atoms with van der Waals surface area (Å²) in [6, 6.07) is 8.04. The third-order valence-electron chi connectivity index (χ3n) is 3.71. The zero-order valence-corrected chi connectivity index (χ0v) is 13.0. The maximum Gasteiger partial charge on any atom is 0.142 e. The number of rotatable bonds is 7. The van der Waals surface area contributed by atoms with Crippen LogP contribution in [0.15, 0.2) is 36.8 Å². The molecule has 0 aliphatic heterocycles. The van der Waals surface area contributed by atoms with Crippen LogP contribution in [0, 0.1) is 0 Å². The van der Waals surface area contributed by atoms with Crippen molar-refractivity contribution in [1.82, 2.24) is 9.55 Å². The number of imidazole rings is 1. The minimum atomic E-state index is 0.0651. The van der Waals surface area contributed by atoms with Gasteiger partial charge in [-0.15, -0.1) is 0 Å². The van der Waals surface area contributed by atoms with Crippen molar-refractivity contribution in [3.8, 4) is 5.75 Å². The van der Waals surface area contributed by atoms with Crippen LogP contribution in [0.2, 0.25) is 0 Å². The Hall–Kier alpha value is -2.01. The number of benzene rings is 1. The van der Waals surface area contributed by atoms with Crippen LogP contribution in [-0.4, -0.2) is 30.3 Å². The fourth-order valence-corrected chi connectivity index (χ4v) is 2.60. The molecule has 0 fully saturated rings. The van der Waals surface area contributed by atoms with Gasteiger partial charge in [0.25, 0.3) is 0 Å². The summed E-state index contributed by atoms with van der Waals surface area (Å²) in [7, 11) is 3.73. The van der Waals surface area contributed by atoms with Crippen LogP contribution in [0.4, 0.5) is 5.69 Å². The molecule has 0 aliphatic rings. The minimum absolute atomic E-state index is 0.0651. The summed E-state index contributed by atoms with van der Waals surface area (Å²) in [6.07, 6.45) is 4.84. The van der Waals surface area contributed by atoms with E-state index in [2.05, 4.69) is 21.4 Å². The number of ether oxygens (including phenoxy) is 1. The summed E-state index contributed by atoms with van der Waals surface area (Å²) in [6.45, 7) is 3.63. The molecule has 0 aliphatic carbocycles. The van der Waals surface area contributed by atoms with Crippen LogP contribution in [0.1, 0.15) is 25.1 Å². The second kappa shape index (κ2) is 7.13. The van der Waals surface area contributed by atoms with E-state index in [-0.39, 0.29) is 6.04 Å². The third kappa shape index (κ3) is 3.19. The SMILES string of the molecule is CCCn1cncc1C(CN)N(C)c1ccccc1OC. The molecule has 0 saturated carbocycles. The van der Waals surface area contributed by atoms with Crippen molar-refractivity contribution < 1.29 is 4.74 Å². The molecule has 2 rings (SSSR count). The molecule has 5 nitrogen and oxygen atoms in total. The monoisotopic (exact) mass is 288 g/mol. The highest BCUT2D eigenvalue weighted by Crippen LogP contribution is 2.32. The van der Waals surface area contributed by atoms with Gasteiger partial charge in [-0.1, -0.05) is 19.1 Å². The van der Waals surface area contributed by atoms with Crippen LogP contribution < -0.4 is 15.4 Å². The molecule has 1 aromatic carbocycles. The van der Waals surface area contributed by atoms with Crippen molar-refractivity contribution in [2.45, 2.75) is 25.9 Å². The Morgan fingerprint density at radius 2 is 2.14 bits per heavy atom. The predicted octanol–water partition coefficient (Wildman–Crippen LogP) is 2.44. The predicted molar refractivity (Wildman–Crippen MR) is 85.7 cm³/mol. The molecule has 0 amide bonds. The van der Waals surface area contributed by atoms with E-state index in [1.165, 1.54) is 0 Å². The summed E-state index contributed by atoms with van der Waals surface area (Å²) in [5, 5.41) is 0. The number of anilines is 1. The summed E-state index contributed by atoms with van der Waals surface area (Å²) < 4.78 is 7.62. The Bertz CT molecular complexity index is 567. The second-order valence-corrected chi connectivity index (χ2v) is 5.05. The minimum Gasteiger partial charge on any atom is -0.495 e. The van der Waals surface area contributed by atoms with Crippen molar-refractivity contribution in [3.63, 3.8) is 0 Å². The van der Waals surface area contributed by atoms with Crippen molar-refractivity contribution in [3.05, 3.63) is 42.5 Å². The lowest BCUT2D eigenvalue weighted by molar-refractivity contribution is 0.413. The fraction of sp³-hybridized carbons (Fsp3) is 0.438. The average molecular weight is 288 g/mol. The Labute approximate surface area is 126 Å². The van der Waals surface area contributed by atoms with Gasteiger partial charge in [0.05, 0.1) is 37.1 Å². The van der Waals surface area contributed by atoms with E-state index >= 15 is 0 Å². The molecule has 5 heteroatoms. The van der Waals surface area contributed by atoms with Gasteiger partial charge in [0, 0.05) is 20.1 Å². The molecule has 1 atom stereocenters. The average Bonchev–Trinajstić information content (AvgIpc) is 2.96. The smallest absolute Gasteiger partial charge is 0.142 e. The lowest BCUT2D eigenvalue weighted by Crippen LogP contribution is -2.32. The summed E-state index contributed by atoms with van der Waals surface area (Å²) in [5.41, 5.74) is 8.19. The molecule has 1 heterocycles. The zero-order valence-electron chi connectivity index (χ0n) is 13.0. The first-order valence-corrected chi connectivity index (χ1v) is 7.28. The second-order valence-electron chi connectivity index (χ2n) is 5.05. The van der Waals surface area contributed by atoms with Crippen LogP contribution in [-0.2, 0) is 6.54 Å². The molecular formula is C16H24N4O. The van der Waals surface area contributed by atoms with Gasteiger partial charge in [-0.3, -0.25) is 0 Å². The Morgan fingerprint density at radius 1 is 1.38 bits per heavy atom. The molecule has 0 bridgehead atoms. The third-order valence-corrected chi connectivity index (χ3v) is 3.71. The number of aryl methyl sites for hydroxylation is 1. The molecule has 1 aromatic heterocycles. The van der Waals surface area contributed by atoms with E-state index in [0.717, 1.165) is 30.1 Å². The van der Waals surface area contributed by atoms with E-state index in [0.29, 0.717) is 6.54 Å². The van der Waals surface area contributed by atoms with Crippen LogP contribution in [0.3, 0.4) is 0 Å². The topological polar surface area (TPSA) is 56.3 Å². The summed E-state index contributed by atoms with van der Waals surface area (Å²) in [4.78, 5) is 6.43. The quantitative estimate of drug-likeness (QED) is 0.850. The van der Waals surface area contributed by atoms with E-state index in [9.17, 15) is 0 Å². The van der Waals surface area contributed by atoms with Gasteiger partial charge in [0.1, 0.15) is 5.75 Å². The van der Waals surface area contributed by atoms with E-state index in [1.54, 1.807) is 7.11 Å². The van der Waals surface area contributed by atoms with Crippen molar-refractivity contribution in [2.75, 3.05) is 25.6 Å². The van der Waals surface area contributed by atoms with Crippen molar-refractivity contribution in [2.24, 2.45) is 5.73 Å². The molecule has 21 heavy (non-hydrogen) atoms. The largest absolute Gasteiger partial charge is 0.495 e. The summed E-state index contributed by atoms with van der Waals surface area (Å²) >= 11 is 0. The lowest BCUT2D eigenvalue weighted by Gasteiger charge is -2.30. The van der Waals surface area contributed by atoms with Crippen LogP contribution >= 0.6 is 0 Å². The molecule has 0 spiro atoms. The molecule has 1 unspecified atom stereocenters. The van der Waals surface area contributed by atoms with Gasteiger partial charge in [0.2, 0.25) is 0 Å². The first-order valence-electron chi connectivity index (χ1n) is 7.28. The van der Waals surface area contributed by atoms with Gasteiger partial charge in [0.15, 0.2) is 0 Å². The van der Waals surface area contributed by atoms with E-state index in [1.807, 2.05) is 43.8 Å². The van der Waals surface area contributed by atoms with E-state index in [4.69, 9.17) is 10.5 Å². The molecule has 0 saturated heterocycles. The Kier molecular flexibility index (Phi) is 5.22. The number of para-hydroxylation sites is 2. The van der Waals surface area contributed by atoms with Gasteiger partial charge >= 0.3 is 0 Å². The standard InChI is InChI=1S/C16H24N4O/c1-4-9-20-12-18-11-15(20)14(10-17)19(2)13-7-5-6-8-16(13)21-3/h5-8,11-12,14H,4,9-10,17H2,1-3H3. The van der Waals surface area contributed by atoms with Gasteiger partial charge in [-0.2, -0.15) is 0 Å². The fourth-order valence-electron chi connectivity index (χ4n) is 2.60. The zero-order chi connectivity index (χ0) is 15.2. The lowest BCUT2D eigenvalue weighted by atomic mass is 10.1. The number of nitrogens with two attached hydrogens (primary N) is 1. The van der Waals surface area contributed by atoms with Gasteiger partial charge in [-0.05, 0) is 18.6 Å². The van der Waals surface area contributed by atoms with Crippen molar-refractivity contribution in [1.29, 1.82) is 0 Å². The van der Waals surface area contributed by atoms with Crippen LogP contribution in [0.5, 0.6) is 5.75 Å². The van der Waals surface area contributed by atoms with Crippen molar-refractivity contribution >= 4 is 5.69 Å². The number of nitrogens with zero attached hydrogens (tertiary/aromatic N) is 3. The van der Waals surface area contributed by atoms with Gasteiger partial charge < -0.3 is 19.9 Å². The molecular weight excluding hydrogens is 264 g/mol. The maximum atomic E-state index is 6.04. The number of hydrogen-bond donors (Lipinski definition) is 1. The highest BCUT2D eigenvalue weighted by molar-refractivity contribution is 5.59. The van der Waals surface area contributed by atoms with Gasteiger partial charge in [-0.25, -0.2) is 4.98 Å². The number of likely N-dealkylation sites (N-methyl/N-ethyl adjacent to an activating group) is 1. The number of hydrogen-bond acceptors (Lipinski definition) is 4. The highest BCUT2D eigenvalue weighted by atomic mass is 16.5. The highest BCUT2D eigenvalue weighted by Gasteiger charge is 2.21.